The summed E-state index contributed by atoms with van der Waals surface area (Å²) in [5.41, 5.74) is 1.98. The number of sulfonamides is 1. The summed E-state index contributed by atoms with van der Waals surface area (Å²) in [7, 11) is -2.46. The molecule has 0 atom stereocenters. The Balaban J connectivity index is 1.33. The normalized spacial score (nSPS) is 14.3. The van der Waals surface area contributed by atoms with Gasteiger partial charge in [-0.1, -0.05) is 57.9 Å². The lowest BCUT2D eigenvalue weighted by Gasteiger charge is -2.32. The van der Waals surface area contributed by atoms with Crippen LogP contribution in [-0.2, 0) is 17.1 Å². The molecule has 0 aliphatic carbocycles. The summed E-state index contributed by atoms with van der Waals surface area (Å²) in [6.07, 6.45) is 1.57. The van der Waals surface area contributed by atoms with Gasteiger partial charge in [-0.25, -0.2) is 13.1 Å². The molecular formula is C29H28BrClN4O4S. The lowest BCUT2D eigenvalue weighted by atomic mass is 9.89. The van der Waals surface area contributed by atoms with Crippen molar-refractivity contribution in [1.29, 1.82) is 0 Å². The second-order valence-corrected chi connectivity index (χ2v) is 12.8. The summed E-state index contributed by atoms with van der Waals surface area (Å²) in [6.45, 7) is 2.77. The van der Waals surface area contributed by atoms with E-state index in [1.165, 1.54) is 16.8 Å². The van der Waals surface area contributed by atoms with Gasteiger partial charge in [-0.2, -0.15) is 0 Å². The minimum atomic E-state index is -4.15. The van der Waals surface area contributed by atoms with Crippen molar-refractivity contribution in [2.45, 2.75) is 30.6 Å². The van der Waals surface area contributed by atoms with Crippen molar-refractivity contribution >= 4 is 49.1 Å². The number of carbonyl (C=O) groups is 1. The van der Waals surface area contributed by atoms with E-state index in [-0.39, 0.29) is 22.1 Å². The Labute approximate surface area is 246 Å². The van der Waals surface area contributed by atoms with Crippen molar-refractivity contribution in [1.82, 2.24) is 14.3 Å². The molecule has 208 valence electrons. The molecule has 5 rings (SSSR count). The van der Waals surface area contributed by atoms with Gasteiger partial charge in [0, 0.05) is 35.2 Å². The number of aromatic nitrogens is 2. The lowest BCUT2D eigenvalue weighted by Crippen LogP contribution is -2.38. The molecule has 0 bridgehead atoms. The topological polar surface area (TPSA) is 93.4 Å². The van der Waals surface area contributed by atoms with Crippen LogP contribution >= 0.6 is 27.5 Å². The number of nitrogens with one attached hydrogen (secondary N) is 1. The number of amides is 1. The van der Waals surface area contributed by atoms with Crippen LogP contribution in [0.2, 0.25) is 5.02 Å². The van der Waals surface area contributed by atoms with Gasteiger partial charge in [-0.05, 0) is 73.7 Å². The summed E-state index contributed by atoms with van der Waals surface area (Å²) in [5, 5.41) is 0.664. The van der Waals surface area contributed by atoms with Gasteiger partial charge in [0.2, 0.25) is 0 Å². The molecule has 1 fully saturated rings. The van der Waals surface area contributed by atoms with Crippen molar-refractivity contribution < 1.29 is 13.2 Å². The van der Waals surface area contributed by atoms with Gasteiger partial charge in [-0.15, -0.1) is 0 Å². The van der Waals surface area contributed by atoms with Crippen LogP contribution in [0.4, 0.5) is 5.69 Å². The van der Waals surface area contributed by atoms with Crippen LogP contribution in [0.1, 0.15) is 40.4 Å². The third kappa shape index (κ3) is 5.48. The van der Waals surface area contributed by atoms with Crippen molar-refractivity contribution in [2.24, 2.45) is 7.05 Å². The molecule has 1 aliphatic heterocycles. The van der Waals surface area contributed by atoms with Crippen molar-refractivity contribution in [3.8, 4) is 5.69 Å². The average Bonchev–Trinajstić information content (AvgIpc) is 3.16. The van der Waals surface area contributed by atoms with Crippen molar-refractivity contribution in [3.05, 3.63) is 109 Å². The van der Waals surface area contributed by atoms with E-state index in [1.807, 2.05) is 24.3 Å². The number of para-hydroxylation sites is 1. The summed E-state index contributed by atoms with van der Waals surface area (Å²) in [6, 6.07) is 20.7. The zero-order valence-electron chi connectivity index (χ0n) is 22.0. The number of benzene rings is 3. The van der Waals surface area contributed by atoms with Crippen molar-refractivity contribution in [2.75, 3.05) is 17.8 Å². The Morgan fingerprint density at radius 2 is 1.70 bits per heavy atom. The fraction of sp³-hybridized carbons (Fsp3) is 0.241. The van der Waals surface area contributed by atoms with Gasteiger partial charge in [0.15, 0.2) is 0 Å². The number of nitrogens with zero attached hydrogens (tertiary/aromatic N) is 3. The van der Waals surface area contributed by atoms with E-state index in [0.29, 0.717) is 35.4 Å². The molecule has 4 aromatic rings. The highest BCUT2D eigenvalue weighted by Gasteiger charge is 2.27. The van der Waals surface area contributed by atoms with Gasteiger partial charge in [0.1, 0.15) is 5.69 Å². The summed E-state index contributed by atoms with van der Waals surface area (Å²) < 4.78 is 33.1. The first-order valence-corrected chi connectivity index (χ1v) is 15.4. The Morgan fingerprint density at radius 1 is 1.00 bits per heavy atom. The van der Waals surface area contributed by atoms with Crippen LogP contribution < -0.4 is 10.3 Å². The molecule has 1 aliphatic rings. The monoisotopic (exact) mass is 642 g/mol. The number of hydrogen-bond acceptors (Lipinski definition) is 4. The molecule has 8 nitrogen and oxygen atoms in total. The predicted octanol–water partition coefficient (Wildman–Crippen LogP) is 5.72. The molecule has 0 unspecified atom stereocenters. The number of halogens is 2. The van der Waals surface area contributed by atoms with E-state index in [0.717, 1.165) is 22.9 Å². The zero-order valence-corrected chi connectivity index (χ0v) is 25.1. The van der Waals surface area contributed by atoms with Crippen LogP contribution in [0.25, 0.3) is 5.69 Å². The maximum Gasteiger partial charge on any atom is 0.296 e. The summed E-state index contributed by atoms with van der Waals surface area (Å²) >= 11 is 9.67. The smallest absolute Gasteiger partial charge is 0.296 e. The van der Waals surface area contributed by atoms with Crippen LogP contribution in [0.5, 0.6) is 0 Å². The fourth-order valence-corrected chi connectivity index (χ4v) is 7.25. The van der Waals surface area contributed by atoms with Gasteiger partial charge < -0.3 is 4.90 Å². The minimum absolute atomic E-state index is 0.0430. The van der Waals surface area contributed by atoms with E-state index in [2.05, 4.69) is 20.7 Å². The Kier molecular flexibility index (Phi) is 7.94. The number of rotatable bonds is 6. The standard InChI is InChI=1S/C29H28BrClN4O4S/c1-19-27(29(37)35(33(19)2)23-8-4-3-5-9-23)32-40(38,39)24-10-6-7-21(17-24)28(36)34-15-13-20(14-16-34)25-12-11-22(31)18-26(25)30/h3-12,17-18,20,32H,13-16H2,1-2H3. The first-order valence-electron chi connectivity index (χ1n) is 12.8. The van der Waals surface area contributed by atoms with Crippen LogP contribution in [-0.4, -0.2) is 41.7 Å². The highest BCUT2D eigenvalue weighted by molar-refractivity contribution is 9.10. The molecule has 0 saturated carbocycles. The zero-order chi connectivity index (χ0) is 28.6. The molecule has 0 spiro atoms. The number of hydrogen-bond donors (Lipinski definition) is 1. The second kappa shape index (κ2) is 11.3. The van der Waals surface area contributed by atoms with E-state index in [9.17, 15) is 18.0 Å². The van der Waals surface area contributed by atoms with Gasteiger partial charge in [0.25, 0.3) is 21.5 Å². The highest BCUT2D eigenvalue weighted by atomic mass is 79.9. The van der Waals surface area contributed by atoms with Gasteiger partial charge in [0.05, 0.1) is 16.3 Å². The second-order valence-electron chi connectivity index (χ2n) is 9.80. The molecule has 1 saturated heterocycles. The fourth-order valence-electron chi connectivity index (χ4n) is 5.08. The summed E-state index contributed by atoms with van der Waals surface area (Å²) in [5.74, 6) is 0.0636. The van der Waals surface area contributed by atoms with Gasteiger partial charge >= 0.3 is 0 Å². The molecule has 1 amide bonds. The maximum absolute atomic E-state index is 13.4. The van der Waals surface area contributed by atoms with Crippen LogP contribution in [0.3, 0.4) is 0 Å². The molecule has 2 heterocycles. The largest absolute Gasteiger partial charge is 0.339 e. The van der Waals surface area contributed by atoms with Crippen molar-refractivity contribution in [3.63, 3.8) is 0 Å². The minimum Gasteiger partial charge on any atom is -0.339 e. The third-order valence-corrected chi connectivity index (χ3v) is 9.64. The Bertz CT molecular complexity index is 1740. The molecule has 0 radical (unpaired) electrons. The maximum atomic E-state index is 13.4. The number of carbonyl (C=O) groups excluding carboxylic acids is 1. The predicted molar refractivity (Wildman–Crippen MR) is 160 cm³/mol. The third-order valence-electron chi connectivity index (χ3n) is 7.37. The Hall–Kier alpha value is -3.34. The summed E-state index contributed by atoms with van der Waals surface area (Å²) in [4.78, 5) is 28.2. The molecule has 11 heteroatoms. The molecular weight excluding hydrogens is 616 g/mol. The number of likely N-dealkylation sites (tertiary alicyclic amines) is 1. The highest BCUT2D eigenvalue weighted by Crippen LogP contribution is 2.35. The lowest BCUT2D eigenvalue weighted by molar-refractivity contribution is 0.0712. The first-order chi connectivity index (χ1) is 19.1. The molecule has 40 heavy (non-hydrogen) atoms. The van der Waals surface area contributed by atoms with Crippen LogP contribution in [0, 0.1) is 6.92 Å². The van der Waals surface area contributed by atoms with E-state index in [4.69, 9.17) is 11.6 Å². The number of anilines is 1. The first kappa shape index (κ1) is 28.2. The van der Waals surface area contributed by atoms with E-state index >= 15 is 0 Å². The SMILES string of the molecule is Cc1c(NS(=O)(=O)c2cccc(C(=O)N3CCC(c4ccc(Cl)cc4Br)CC3)c2)c(=O)n(-c2ccccc2)n1C. The quantitative estimate of drug-likeness (QED) is 0.291. The van der Waals surface area contributed by atoms with Crippen LogP contribution in [0.15, 0.2) is 87.0 Å². The average molecular weight is 644 g/mol. The van der Waals surface area contributed by atoms with Gasteiger partial charge in [-0.3, -0.25) is 19.0 Å². The van der Waals surface area contributed by atoms with E-state index in [1.54, 1.807) is 60.0 Å². The Morgan fingerprint density at radius 3 is 2.38 bits per heavy atom. The number of piperidine rings is 1. The molecule has 1 aromatic heterocycles. The molecule has 1 N–H and O–H groups in total. The van der Waals surface area contributed by atoms with E-state index < -0.39 is 15.6 Å². The molecule has 3 aromatic carbocycles.